The van der Waals surface area contributed by atoms with Gasteiger partial charge in [-0.3, -0.25) is 9.20 Å². The highest BCUT2D eigenvalue weighted by molar-refractivity contribution is 6.32. The van der Waals surface area contributed by atoms with Crippen LogP contribution in [0.3, 0.4) is 0 Å². The minimum atomic E-state index is -0.299. The molecule has 0 radical (unpaired) electrons. The molecule has 3 rings (SSSR count). The second kappa shape index (κ2) is 6.13. The molecule has 0 fully saturated rings. The third-order valence-electron chi connectivity index (χ3n) is 3.06. The molecule has 0 saturated heterocycles. The highest BCUT2D eigenvalue weighted by Crippen LogP contribution is 2.09. The summed E-state index contributed by atoms with van der Waals surface area (Å²) in [7, 11) is 0. The lowest BCUT2D eigenvalue weighted by Gasteiger charge is -2.03. The van der Waals surface area contributed by atoms with Crippen molar-refractivity contribution in [2.45, 2.75) is 13.8 Å². The zero-order valence-electron chi connectivity index (χ0n) is 12.5. The summed E-state index contributed by atoms with van der Waals surface area (Å²) in [4.78, 5) is 24.9. The normalized spacial score (nSPS) is 11.3. The third kappa shape index (κ3) is 3.19. The molecule has 3 aromatic rings. The molecule has 116 valence electrons. The van der Waals surface area contributed by atoms with Gasteiger partial charge in [-0.1, -0.05) is 17.7 Å². The molecule has 3 heterocycles. The Hall–Kier alpha value is -2.80. The number of halogens is 1. The van der Waals surface area contributed by atoms with Gasteiger partial charge < -0.3 is 0 Å². The van der Waals surface area contributed by atoms with Crippen molar-refractivity contribution in [3.8, 4) is 0 Å². The van der Waals surface area contributed by atoms with E-state index in [0.29, 0.717) is 11.6 Å². The average molecular weight is 329 g/mol. The van der Waals surface area contributed by atoms with Crippen LogP contribution in [0.1, 0.15) is 17.0 Å². The number of anilines is 1. The molecule has 0 bridgehead atoms. The van der Waals surface area contributed by atoms with E-state index < -0.39 is 0 Å². The Labute approximate surface area is 136 Å². The van der Waals surface area contributed by atoms with Crippen LogP contribution in [0.4, 0.5) is 5.95 Å². The smallest absolute Gasteiger partial charge is 0.268 e. The molecule has 0 atom stereocenters. The number of fused-ring (bicyclic) bond motifs is 1. The van der Waals surface area contributed by atoms with Crippen LogP contribution in [0.2, 0.25) is 5.15 Å². The summed E-state index contributed by atoms with van der Waals surface area (Å²) in [5.74, 6) is 0.351. The molecular formula is C15H13ClN6O. The summed E-state index contributed by atoms with van der Waals surface area (Å²) in [6, 6.07) is 7.08. The zero-order valence-corrected chi connectivity index (χ0v) is 13.2. The van der Waals surface area contributed by atoms with Gasteiger partial charge in [-0.05, 0) is 32.0 Å². The molecule has 1 N–H and O–H groups in total. The minimum Gasteiger partial charge on any atom is -0.268 e. The first-order valence-corrected chi connectivity index (χ1v) is 7.20. The molecule has 0 aliphatic rings. The maximum absolute atomic E-state index is 12.4. The quantitative estimate of drug-likeness (QED) is 0.452. The lowest BCUT2D eigenvalue weighted by molar-refractivity contribution is 1.03. The number of pyridine rings is 1. The molecule has 0 amide bonds. The van der Waals surface area contributed by atoms with Gasteiger partial charge in [-0.2, -0.15) is 5.10 Å². The molecule has 7 nitrogen and oxygen atoms in total. The maximum atomic E-state index is 12.4. The van der Waals surface area contributed by atoms with E-state index in [4.69, 9.17) is 11.6 Å². The van der Waals surface area contributed by atoms with Gasteiger partial charge in [0.25, 0.3) is 5.56 Å². The van der Waals surface area contributed by atoms with Crippen LogP contribution in [0.5, 0.6) is 0 Å². The first-order chi connectivity index (χ1) is 11.0. The molecule has 0 aliphatic carbocycles. The lowest BCUT2D eigenvalue weighted by Crippen LogP contribution is -2.20. The van der Waals surface area contributed by atoms with Crippen molar-refractivity contribution in [3.63, 3.8) is 0 Å². The number of nitrogens with one attached hydrogen (secondary N) is 1. The molecule has 0 aromatic carbocycles. The van der Waals surface area contributed by atoms with Gasteiger partial charge >= 0.3 is 0 Å². The summed E-state index contributed by atoms with van der Waals surface area (Å²) < 4.78 is 1.40. The Bertz CT molecular complexity index is 946. The van der Waals surface area contributed by atoms with E-state index in [1.54, 1.807) is 24.4 Å². The topological polar surface area (TPSA) is 84.5 Å². The van der Waals surface area contributed by atoms with Crippen LogP contribution in [-0.2, 0) is 0 Å². The minimum absolute atomic E-state index is 0.0908. The van der Waals surface area contributed by atoms with E-state index >= 15 is 0 Å². The number of hydrazone groups is 1. The Balaban J connectivity index is 1.93. The van der Waals surface area contributed by atoms with E-state index in [-0.39, 0.29) is 16.3 Å². The SMILES string of the molecule is Cc1cc(C)nc(N/N=C/c2c(Cl)nc3ccccn3c2=O)n1. The fourth-order valence-electron chi connectivity index (χ4n) is 2.11. The fourth-order valence-corrected chi connectivity index (χ4v) is 2.33. The van der Waals surface area contributed by atoms with Crippen molar-refractivity contribution in [2.24, 2.45) is 5.10 Å². The number of rotatable bonds is 3. The summed E-state index contributed by atoms with van der Waals surface area (Å²) in [5, 5.41) is 4.08. The molecule has 8 heteroatoms. The van der Waals surface area contributed by atoms with Gasteiger partial charge in [0.1, 0.15) is 10.8 Å². The molecule has 0 aliphatic heterocycles. The number of aryl methyl sites for hydroxylation is 2. The van der Waals surface area contributed by atoms with Crippen LogP contribution in [-0.4, -0.2) is 25.6 Å². The monoisotopic (exact) mass is 328 g/mol. The number of nitrogens with zero attached hydrogens (tertiary/aromatic N) is 5. The highest BCUT2D eigenvalue weighted by atomic mass is 35.5. The molecule has 23 heavy (non-hydrogen) atoms. The van der Waals surface area contributed by atoms with Gasteiger partial charge in [0, 0.05) is 17.6 Å². The van der Waals surface area contributed by atoms with Crippen LogP contribution in [0.25, 0.3) is 5.65 Å². The average Bonchev–Trinajstić information content (AvgIpc) is 2.49. The Morgan fingerprint density at radius 3 is 2.70 bits per heavy atom. The second-order valence-electron chi connectivity index (χ2n) is 4.89. The number of hydrogen-bond donors (Lipinski definition) is 1. The Kier molecular flexibility index (Phi) is 4.03. The van der Waals surface area contributed by atoms with Crippen molar-refractivity contribution in [1.29, 1.82) is 0 Å². The van der Waals surface area contributed by atoms with Crippen molar-refractivity contribution in [2.75, 3.05) is 5.43 Å². The molecule has 3 aromatic heterocycles. The van der Waals surface area contributed by atoms with Crippen molar-refractivity contribution < 1.29 is 0 Å². The number of aromatic nitrogens is 4. The zero-order chi connectivity index (χ0) is 16.4. The van der Waals surface area contributed by atoms with Gasteiger partial charge in [0.05, 0.1) is 11.8 Å². The standard InChI is InChI=1S/C15H13ClN6O/c1-9-7-10(2)19-15(18-9)21-17-8-11-13(16)20-12-5-3-4-6-22(12)14(11)23/h3-8H,1-2H3,(H,18,19,21)/b17-8+. The van der Waals surface area contributed by atoms with Gasteiger partial charge in [0.15, 0.2) is 0 Å². The summed E-state index contributed by atoms with van der Waals surface area (Å²) in [6.45, 7) is 3.72. The van der Waals surface area contributed by atoms with E-state index in [9.17, 15) is 4.79 Å². The predicted octanol–water partition coefficient (Wildman–Crippen LogP) is 2.20. The first kappa shape index (κ1) is 15.1. The number of hydrogen-bond acceptors (Lipinski definition) is 6. The predicted molar refractivity (Wildman–Crippen MR) is 89.2 cm³/mol. The molecule has 0 spiro atoms. The van der Waals surface area contributed by atoms with E-state index in [1.165, 1.54) is 10.6 Å². The second-order valence-corrected chi connectivity index (χ2v) is 5.25. The van der Waals surface area contributed by atoms with Crippen LogP contribution >= 0.6 is 11.6 Å². The summed E-state index contributed by atoms with van der Waals surface area (Å²) in [5.41, 5.74) is 4.70. The van der Waals surface area contributed by atoms with E-state index in [2.05, 4.69) is 25.5 Å². The van der Waals surface area contributed by atoms with Crippen molar-refractivity contribution in [3.05, 3.63) is 62.9 Å². The fraction of sp³-hybridized carbons (Fsp3) is 0.133. The van der Waals surface area contributed by atoms with E-state index in [1.807, 2.05) is 19.9 Å². The van der Waals surface area contributed by atoms with Crippen LogP contribution < -0.4 is 11.0 Å². The van der Waals surface area contributed by atoms with Crippen LogP contribution in [0, 0.1) is 13.8 Å². The Morgan fingerprint density at radius 2 is 1.96 bits per heavy atom. The summed E-state index contributed by atoms with van der Waals surface area (Å²) >= 11 is 6.07. The van der Waals surface area contributed by atoms with Crippen LogP contribution in [0.15, 0.2) is 40.4 Å². The largest absolute Gasteiger partial charge is 0.268 e. The van der Waals surface area contributed by atoms with Gasteiger partial charge in [0.2, 0.25) is 5.95 Å². The lowest BCUT2D eigenvalue weighted by atomic mass is 10.3. The van der Waals surface area contributed by atoms with Gasteiger partial charge in [-0.15, -0.1) is 0 Å². The first-order valence-electron chi connectivity index (χ1n) is 6.83. The van der Waals surface area contributed by atoms with Crippen molar-refractivity contribution >= 4 is 29.4 Å². The third-order valence-corrected chi connectivity index (χ3v) is 3.35. The maximum Gasteiger partial charge on any atom is 0.268 e. The summed E-state index contributed by atoms with van der Waals surface area (Å²) in [6.07, 6.45) is 2.94. The Morgan fingerprint density at radius 1 is 1.22 bits per heavy atom. The molecule has 0 unspecified atom stereocenters. The van der Waals surface area contributed by atoms with Crippen molar-refractivity contribution in [1.82, 2.24) is 19.4 Å². The highest BCUT2D eigenvalue weighted by Gasteiger charge is 2.08. The molecule has 0 saturated carbocycles. The van der Waals surface area contributed by atoms with Gasteiger partial charge in [-0.25, -0.2) is 20.4 Å². The molecular weight excluding hydrogens is 316 g/mol. The van der Waals surface area contributed by atoms with E-state index in [0.717, 1.165) is 11.4 Å².